The normalized spacial score (nSPS) is 18.7. The molecule has 7 heteroatoms. The number of pyridine rings is 1. The molecule has 2 N–H and O–H groups in total. The minimum atomic E-state index is -0.0149. The summed E-state index contributed by atoms with van der Waals surface area (Å²) >= 11 is 0. The number of rotatable bonds is 5. The molecule has 1 atom stereocenters. The van der Waals surface area contributed by atoms with Gasteiger partial charge in [-0.1, -0.05) is 25.1 Å². The number of para-hydroxylation sites is 1. The quantitative estimate of drug-likeness (QED) is 0.715. The zero-order valence-electron chi connectivity index (χ0n) is 16.0. The molecular weight excluding hydrogens is 352 g/mol. The molecule has 1 amide bonds. The van der Waals surface area contributed by atoms with Gasteiger partial charge in [-0.2, -0.15) is 5.10 Å². The predicted molar refractivity (Wildman–Crippen MR) is 107 cm³/mol. The minimum Gasteiger partial charge on any atom is -0.365 e. The maximum Gasteiger partial charge on any atom is 0.252 e. The molecule has 1 aromatic carbocycles. The second-order valence-electron chi connectivity index (χ2n) is 7.68. The van der Waals surface area contributed by atoms with E-state index in [1.165, 1.54) is 0 Å². The fourth-order valence-electron chi connectivity index (χ4n) is 3.77. The van der Waals surface area contributed by atoms with Crippen LogP contribution in [0.1, 0.15) is 48.2 Å². The van der Waals surface area contributed by atoms with Gasteiger partial charge in [0.2, 0.25) is 0 Å². The maximum atomic E-state index is 12.8. The van der Waals surface area contributed by atoms with E-state index in [1.807, 2.05) is 35.0 Å². The van der Waals surface area contributed by atoms with Gasteiger partial charge in [-0.3, -0.25) is 4.79 Å². The number of nitrogens with one attached hydrogen (secondary N) is 2. The second-order valence-corrected chi connectivity index (χ2v) is 7.68. The molecule has 5 rings (SSSR count). The highest BCUT2D eigenvalue weighted by molar-refractivity contribution is 6.07. The lowest BCUT2D eigenvalue weighted by Crippen LogP contribution is -2.32. The molecule has 0 bridgehead atoms. The first kappa shape index (κ1) is 17.2. The number of nitrogens with zero attached hydrogens (tertiary/aromatic N) is 4. The Morgan fingerprint density at radius 3 is 2.86 bits per heavy atom. The summed E-state index contributed by atoms with van der Waals surface area (Å²) < 4.78 is 2.00. The Labute approximate surface area is 163 Å². The molecule has 2 aromatic heterocycles. The SMILES string of the molecule is CCc1nc2n(n1)CC(Nc1cc(C(=O)NC3CC3)c3ccccc3n1)CC2. The number of benzene rings is 1. The summed E-state index contributed by atoms with van der Waals surface area (Å²) in [6.45, 7) is 2.84. The molecule has 1 aliphatic carbocycles. The molecule has 1 aliphatic heterocycles. The molecule has 0 spiro atoms. The number of carbonyl (C=O) groups is 1. The fraction of sp³-hybridized carbons (Fsp3) is 0.429. The van der Waals surface area contributed by atoms with Crippen molar-refractivity contribution in [2.45, 2.75) is 57.7 Å². The number of amides is 1. The van der Waals surface area contributed by atoms with E-state index in [1.54, 1.807) is 0 Å². The van der Waals surface area contributed by atoms with Crippen LogP contribution in [0, 0.1) is 0 Å². The smallest absolute Gasteiger partial charge is 0.252 e. The van der Waals surface area contributed by atoms with E-state index >= 15 is 0 Å². The largest absolute Gasteiger partial charge is 0.365 e. The second kappa shape index (κ2) is 6.89. The Hall–Kier alpha value is -2.96. The molecule has 1 fully saturated rings. The van der Waals surface area contributed by atoms with Gasteiger partial charge < -0.3 is 10.6 Å². The molecule has 1 saturated carbocycles. The van der Waals surface area contributed by atoms with Gasteiger partial charge in [0.15, 0.2) is 5.82 Å². The van der Waals surface area contributed by atoms with Crippen LogP contribution in [0.15, 0.2) is 30.3 Å². The van der Waals surface area contributed by atoms with Crippen molar-refractivity contribution in [3.05, 3.63) is 47.5 Å². The summed E-state index contributed by atoms with van der Waals surface area (Å²) in [5.74, 6) is 2.69. The lowest BCUT2D eigenvalue weighted by atomic mass is 10.1. The van der Waals surface area contributed by atoms with Gasteiger partial charge in [-0.05, 0) is 31.4 Å². The van der Waals surface area contributed by atoms with E-state index in [0.717, 1.165) is 67.0 Å². The van der Waals surface area contributed by atoms with Gasteiger partial charge in [0.1, 0.15) is 11.6 Å². The van der Waals surface area contributed by atoms with E-state index in [0.29, 0.717) is 11.6 Å². The van der Waals surface area contributed by atoms with Gasteiger partial charge in [0, 0.05) is 30.3 Å². The van der Waals surface area contributed by atoms with E-state index in [9.17, 15) is 4.79 Å². The number of aryl methyl sites for hydroxylation is 2. The van der Waals surface area contributed by atoms with Crippen molar-refractivity contribution >= 4 is 22.6 Å². The number of hydrogen-bond acceptors (Lipinski definition) is 5. The molecular formula is C21H24N6O. The molecule has 1 unspecified atom stereocenters. The maximum absolute atomic E-state index is 12.8. The van der Waals surface area contributed by atoms with Gasteiger partial charge in [0.25, 0.3) is 5.91 Å². The molecule has 2 aliphatic rings. The molecule has 0 radical (unpaired) electrons. The zero-order valence-corrected chi connectivity index (χ0v) is 16.0. The highest BCUT2D eigenvalue weighted by Gasteiger charge is 2.26. The van der Waals surface area contributed by atoms with Crippen LogP contribution in [0.2, 0.25) is 0 Å². The van der Waals surface area contributed by atoms with Crippen LogP contribution in [-0.2, 0) is 19.4 Å². The van der Waals surface area contributed by atoms with Crippen LogP contribution in [0.3, 0.4) is 0 Å². The van der Waals surface area contributed by atoms with Gasteiger partial charge >= 0.3 is 0 Å². The van der Waals surface area contributed by atoms with Crippen molar-refractivity contribution in [1.29, 1.82) is 0 Å². The molecule has 3 heterocycles. The molecule has 144 valence electrons. The Kier molecular flexibility index (Phi) is 4.22. The summed E-state index contributed by atoms with van der Waals surface area (Å²) in [5, 5.41) is 12.1. The molecule has 3 aromatic rings. The van der Waals surface area contributed by atoms with Crippen molar-refractivity contribution in [2.75, 3.05) is 5.32 Å². The van der Waals surface area contributed by atoms with Crippen LogP contribution in [0.5, 0.6) is 0 Å². The van der Waals surface area contributed by atoms with Crippen molar-refractivity contribution in [1.82, 2.24) is 25.1 Å². The van der Waals surface area contributed by atoms with Crippen molar-refractivity contribution in [2.24, 2.45) is 0 Å². The summed E-state index contributed by atoms with van der Waals surface area (Å²) in [4.78, 5) is 22.1. The minimum absolute atomic E-state index is 0.0149. The summed E-state index contributed by atoms with van der Waals surface area (Å²) in [5.41, 5.74) is 1.52. The summed E-state index contributed by atoms with van der Waals surface area (Å²) in [6, 6.07) is 10.2. The predicted octanol–water partition coefficient (Wildman–Crippen LogP) is 2.71. The molecule has 28 heavy (non-hydrogen) atoms. The van der Waals surface area contributed by atoms with Crippen LogP contribution in [0.4, 0.5) is 5.82 Å². The van der Waals surface area contributed by atoms with Gasteiger partial charge in [0.05, 0.1) is 17.6 Å². The summed E-state index contributed by atoms with van der Waals surface area (Å²) in [6.07, 6.45) is 4.86. The van der Waals surface area contributed by atoms with Crippen molar-refractivity contribution in [3.8, 4) is 0 Å². The standard InChI is InChI=1S/C21H24N6O/c1-2-18-25-20-10-9-14(12-27(20)26-18)22-19-11-16(21(28)23-13-7-8-13)15-5-3-4-6-17(15)24-19/h3-6,11,13-14H,2,7-10,12H2,1H3,(H,22,24)(H,23,28). The first-order chi connectivity index (χ1) is 13.7. The first-order valence-electron chi connectivity index (χ1n) is 10.1. The average molecular weight is 376 g/mol. The highest BCUT2D eigenvalue weighted by atomic mass is 16.1. The van der Waals surface area contributed by atoms with Crippen LogP contribution in [-0.4, -0.2) is 37.7 Å². The number of fused-ring (bicyclic) bond motifs is 2. The van der Waals surface area contributed by atoms with Crippen molar-refractivity contribution in [3.63, 3.8) is 0 Å². The lowest BCUT2D eigenvalue weighted by molar-refractivity contribution is 0.0952. The van der Waals surface area contributed by atoms with E-state index in [4.69, 9.17) is 4.98 Å². The molecule has 0 saturated heterocycles. The highest BCUT2D eigenvalue weighted by Crippen LogP contribution is 2.25. The zero-order chi connectivity index (χ0) is 19.1. The third-order valence-corrected chi connectivity index (χ3v) is 5.44. The molecule has 7 nitrogen and oxygen atoms in total. The summed E-state index contributed by atoms with van der Waals surface area (Å²) in [7, 11) is 0. The van der Waals surface area contributed by atoms with Gasteiger partial charge in [-0.25, -0.2) is 14.6 Å². The lowest BCUT2D eigenvalue weighted by Gasteiger charge is -2.24. The van der Waals surface area contributed by atoms with Crippen LogP contribution in [0.25, 0.3) is 10.9 Å². The van der Waals surface area contributed by atoms with Crippen molar-refractivity contribution < 1.29 is 4.79 Å². The van der Waals surface area contributed by atoms with E-state index < -0.39 is 0 Å². The van der Waals surface area contributed by atoms with E-state index in [2.05, 4.69) is 27.6 Å². The monoisotopic (exact) mass is 376 g/mol. The Morgan fingerprint density at radius 2 is 2.04 bits per heavy atom. The number of anilines is 1. The van der Waals surface area contributed by atoms with Gasteiger partial charge in [-0.15, -0.1) is 0 Å². The average Bonchev–Trinajstić information content (AvgIpc) is 3.42. The Balaban J connectivity index is 1.41. The number of aromatic nitrogens is 4. The Bertz CT molecular complexity index is 1040. The van der Waals surface area contributed by atoms with Crippen LogP contribution < -0.4 is 10.6 Å². The first-order valence-corrected chi connectivity index (χ1v) is 10.1. The number of hydrogen-bond donors (Lipinski definition) is 2. The van der Waals surface area contributed by atoms with E-state index in [-0.39, 0.29) is 11.9 Å². The van der Waals surface area contributed by atoms with Crippen LogP contribution >= 0.6 is 0 Å². The number of carbonyl (C=O) groups excluding carboxylic acids is 1. The fourth-order valence-corrected chi connectivity index (χ4v) is 3.77. The third kappa shape index (κ3) is 3.32. The third-order valence-electron chi connectivity index (χ3n) is 5.44. The Morgan fingerprint density at radius 1 is 1.18 bits per heavy atom. The topological polar surface area (TPSA) is 84.7 Å².